The van der Waals surface area contributed by atoms with Crippen LogP contribution in [0.2, 0.25) is 0 Å². The van der Waals surface area contributed by atoms with Crippen LogP contribution in [-0.2, 0) is 18.9 Å². The fraction of sp³-hybridized carbons (Fsp3) is 0.652. The zero-order valence-corrected chi connectivity index (χ0v) is 18.8. The quantitative estimate of drug-likeness (QED) is 0.535. The van der Waals surface area contributed by atoms with E-state index in [9.17, 15) is 9.59 Å². The summed E-state index contributed by atoms with van der Waals surface area (Å²) in [6, 6.07) is 7.13. The maximum absolute atomic E-state index is 13.0. The first kappa shape index (κ1) is 22.6. The molecule has 1 amide bonds. The van der Waals surface area contributed by atoms with Crippen LogP contribution >= 0.6 is 0 Å². The fourth-order valence-electron chi connectivity index (χ4n) is 4.72. The molecular weight excluding hydrogens is 386 g/mol. The number of likely N-dealkylation sites (tertiary alicyclic amines) is 1. The third-order valence-electron chi connectivity index (χ3n) is 6.26. The van der Waals surface area contributed by atoms with Gasteiger partial charge in [-0.1, -0.05) is 12.1 Å². The van der Waals surface area contributed by atoms with Gasteiger partial charge < -0.3 is 23.8 Å². The summed E-state index contributed by atoms with van der Waals surface area (Å²) in [6.45, 7) is 6.21. The number of benzene rings is 1. The third-order valence-corrected chi connectivity index (χ3v) is 6.26. The summed E-state index contributed by atoms with van der Waals surface area (Å²) in [5.74, 6) is -0.914. The molecule has 0 aromatic heterocycles. The molecule has 1 heterocycles. The molecule has 0 N–H and O–H groups in total. The average molecular weight is 420 g/mol. The molecule has 1 unspecified atom stereocenters. The van der Waals surface area contributed by atoms with Crippen LogP contribution in [0.1, 0.15) is 68.4 Å². The van der Waals surface area contributed by atoms with Crippen molar-refractivity contribution in [3.8, 4) is 0 Å². The number of carbonyl (C=O) groups is 2. The number of hydrogen-bond acceptors (Lipinski definition) is 6. The lowest BCUT2D eigenvalue weighted by Crippen LogP contribution is -2.59. The zero-order chi connectivity index (χ0) is 22.2. The largest absolute Gasteiger partial charge is 0.465 e. The number of methoxy groups -OCH3 is 3. The van der Waals surface area contributed by atoms with Crippen LogP contribution in [0.25, 0.3) is 0 Å². The second-order valence-electron chi connectivity index (χ2n) is 9.43. The first-order valence-corrected chi connectivity index (χ1v) is 10.3. The topological polar surface area (TPSA) is 74.3 Å². The Labute approximate surface area is 178 Å². The highest BCUT2D eigenvalue weighted by molar-refractivity contribution is 5.89. The van der Waals surface area contributed by atoms with Crippen molar-refractivity contribution in [3.63, 3.8) is 0 Å². The summed E-state index contributed by atoms with van der Waals surface area (Å²) in [4.78, 5) is 26.6. The molecule has 2 fully saturated rings. The Balaban J connectivity index is 1.86. The molecule has 1 atom stereocenters. The lowest BCUT2D eigenvalue weighted by molar-refractivity contribution is -0.305. The van der Waals surface area contributed by atoms with Crippen LogP contribution < -0.4 is 0 Å². The van der Waals surface area contributed by atoms with Crippen LogP contribution in [-0.4, -0.2) is 56.2 Å². The van der Waals surface area contributed by atoms with Gasteiger partial charge in [-0.15, -0.1) is 0 Å². The summed E-state index contributed by atoms with van der Waals surface area (Å²) < 4.78 is 21.7. The number of piperidine rings is 1. The molecule has 166 valence electrons. The second-order valence-corrected chi connectivity index (χ2v) is 9.43. The van der Waals surface area contributed by atoms with E-state index < -0.39 is 11.4 Å². The molecule has 7 nitrogen and oxygen atoms in total. The van der Waals surface area contributed by atoms with E-state index in [1.54, 1.807) is 26.4 Å². The standard InChI is InChI=1S/C23H33NO6/c1-21(2,3)30-20(26)24-12-11-22(14-23(15-22,28-5)29-6)13-18(24)16-7-9-17(10-8-16)19(25)27-4/h7-10,18H,11-15H2,1-6H3. The molecule has 1 aromatic rings. The number of esters is 1. The minimum Gasteiger partial charge on any atom is -0.465 e. The molecule has 30 heavy (non-hydrogen) atoms. The summed E-state index contributed by atoms with van der Waals surface area (Å²) in [7, 11) is 4.71. The van der Waals surface area contributed by atoms with Gasteiger partial charge in [0.1, 0.15) is 5.60 Å². The molecule has 2 aliphatic rings. The number of nitrogens with zero attached hydrogens (tertiary/aromatic N) is 1. The van der Waals surface area contributed by atoms with Gasteiger partial charge in [0.15, 0.2) is 5.79 Å². The summed E-state index contributed by atoms with van der Waals surface area (Å²) in [5, 5.41) is 0. The van der Waals surface area contributed by atoms with Crippen LogP contribution in [0.4, 0.5) is 4.79 Å². The van der Waals surface area contributed by atoms with Crippen molar-refractivity contribution >= 4 is 12.1 Å². The van der Waals surface area contributed by atoms with E-state index in [4.69, 9.17) is 18.9 Å². The number of ether oxygens (including phenoxy) is 4. The van der Waals surface area contributed by atoms with Crippen molar-refractivity contribution in [2.24, 2.45) is 5.41 Å². The van der Waals surface area contributed by atoms with Gasteiger partial charge in [0.2, 0.25) is 0 Å². The zero-order valence-electron chi connectivity index (χ0n) is 18.8. The number of amides is 1. The molecular formula is C23H33NO6. The molecule has 0 bridgehead atoms. The molecule has 1 aliphatic heterocycles. The van der Waals surface area contributed by atoms with E-state index in [0.29, 0.717) is 12.1 Å². The van der Waals surface area contributed by atoms with E-state index in [-0.39, 0.29) is 23.5 Å². The van der Waals surface area contributed by atoms with Crippen molar-refractivity contribution in [1.82, 2.24) is 4.90 Å². The van der Waals surface area contributed by atoms with E-state index >= 15 is 0 Å². The molecule has 7 heteroatoms. The monoisotopic (exact) mass is 419 g/mol. The SMILES string of the molecule is COC(=O)c1ccc(C2CC3(CCN2C(=O)OC(C)(C)C)CC(OC)(OC)C3)cc1. The Bertz CT molecular complexity index is 770. The molecule has 1 aromatic carbocycles. The summed E-state index contributed by atoms with van der Waals surface area (Å²) in [5.41, 5.74) is 0.941. The van der Waals surface area contributed by atoms with Crippen molar-refractivity contribution in [2.75, 3.05) is 27.9 Å². The van der Waals surface area contributed by atoms with Crippen molar-refractivity contribution < 1.29 is 28.5 Å². The van der Waals surface area contributed by atoms with Crippen LogP contribution in [0.3, 0.4) is 0 Å². The third kappa shape index (κ3) is 4.47. The smallest absolute Gasteiger partial charge is 0.410 e. The highest BCUT2D eigenvalue weighted by Crippen LogP contribution is 2.59. The Morgan fingerprint density at radius 2 is 1.63 bits per heavy atom. The predicted molar refractivity (Wildman–Crippen MR) is 111 cm³/mol. The van der Waals surface area contributed by atoms with E-state index in [2.05, 4.69) is 0 Å². The van der Waals surface area contributed by atoms with E-state index in [1.165, 1.54) is 7.11 Å². The van der Waals surface area contributed by atoms with Gasteiger partial charge in [0.05, 0.1) is 18.7 Å². The van der Waals surface area contributed by atoms with Crippen LogP contribution in [0, 0.1) is 5.41 Å². The minimum absolute atomic E-state index is 0.0518. The lowest BCUT2D eigenvalue weighted by Gasteiger charge is -2.58. The number of hydrogen-bond donors (Lipinski definition) is 0. The number of carbonyl (C=O) groups excluding carboxylic acids is 2. The number of rotatable bonds is 4. The maximum Gasteiger partial charge on any atom is 0.410 e. The van der Waals surface area contributed by atoms with Gasteiger partial charge in [-0.25, -0.2) is 9.59 Å². The van der Waals surface area contributed by atoms with E-state index in [1.807, 2.05) is 37.8 Å². The average Bonchev–Trinajstić information content (AvgIpc) is 2.69. The normalized spacial score (nSPS) is 22.3. The molecule has 1 saturated heterocycles. The Hall–Kier alpha value is -2.12. The molecule has 1 saturated carbocycles. The van der Waals surface area contributed by atoms with Crippen molar-refractivity contribution in [2.45, 2.75) is 63.9 Å². The van der Waals surface area contributed by atoms with Crippen molar-refractivity contribution in [3.05, 3.63) is 35.4 Å². The Morgan fingerprint density at radius 1 is 1.03 bits per heavy atom. The molecule has 1 spiro atoms. The van der Waals surface area contributed by atoms with Crippen molar-refractivity contribution in [1.29, 1.82) is 0 Å². The first-order valence-electron chi connectivity index (χ1n) is 10.3. The molecule has 0 radical (unpaired) electrons. The van der Waals surface area contributed by atoms with Gasteiger partial charge in [-0.3, -0.25) is 0 Å². The van der Waals surface area contributed by atoms with E-state index in [0.717, 1.165) is 31.2 Å². The first-order chi connectivity index (χ1) is 14.1. The van der Waals surface area contributed by atoms with Crippen LogP contribution in [0.15, 0.2) is 24.3 Å². The Kier molecular flexibility index (Phi) is 6.16. The van der Waals surface area contributed by atoms with Gasteiger partial charge in [-0.2, -0.15) is 0 Å². The lowest BCUT2D eigenvalue weighted by atomic mass is 9.57. The van der Waals surface area contributed by atoms with Gasteiger partial charge >= 0.3 is 12.1 Å². The predicted octanol–water partition coefficient (Wildman–Crippen LogP) is 4.31. The highest BCUT2D eigenvalue weighted by atomic mass is 16.7. The fourth-order valence-corrected chi connectivity index (χ4v) is 4.72. The molecule has 1 aliphatic carbocycles. The van der Waals surface area contributed by atoms with Gasteiger partial charge in [0, 0.05) is 33.6 Å². The maximum atomic E-state index is 13.0. The summed E-state index contributed by atoms with van der Waals surface area (Å²) >= 11 is 0. The second kappa shape index (κ2) is 8.19. The van der Waals surface area contributed by atoms with Crippen LogP contribution in [0.5, 0.6) is 0 Å². The molecule has 3 rings (SSSR count). The minimum atomic E-state index is -0.566. The highest BCUT2D eigenvalue weighted by Gasteiger charge is 2.58. The Morgan fingerprint density at radius 3 is 2.13 bits per heavy atom. The van der Waals surface area contributed by atoms with Gasteiger partial charge in [-0.05, 0) is 56.7 Å². The van der Waals surface area contributed by atoms with Gasteiger partial charge in [0.25, 0.3) is 0 Å². The summed E-state index contributed by atoms with van der Waals surface area (Å²) in [6.07, 6.45) is 2.94.